The Morgan fingerprint density at radius 2 is 1.30 bits per heavy atom. The Bertz CT molecular complexity index is 874. The van der Waals surface area contributed by atoms with Crippen molar-refractivity contribution in [2.45, 2.75) is 156 Å². The van der Waals surface area contributed by atoms with Crippen LogP contribution in [-0.4, -0.2) is 99.1 Å². The van der Waals surface area contributed by atoms with Gasteiger partial charge in [0.2, 0.25) is 11.8 Å². The number of carbonyl (C=O) groups excluding carboxylic acids is 2. The third-order valence-corrected chi connectivity index (χ3v) is 9.91. The number of aliphatic carboxylic acids is 1. The van der Waals surface area contributed by atoms with Gasteiger partial charge in [0.05, 0.1) is 32.5 Å². The van der Waals surface area contributed by atoms with Crippen molar-refractivity contribution in [1.29, 1.82) is 0 Å². The molecule has 1 rings (SSSR count). The zero-order chi connectivity index (χ0) is 37.0. The lowest BCUT2D eigenvalue weighted by Crippen LogP contribution is -2.50. The van der Waals surface area contributed by atoms with Crippen LogP contribution in [0.25, 0.3) is 0 Å². The van der Waals surface area contributed by atoms with E-state index in [0.717, 1.165) is 56.6 Å². The van der Waals surface area contributed by atoms with Crippen molar-refractivity contribution in [3.8, 4) is 0 Å². The molecule has 0 aromatic carbocycles. The number of amides is 2. The highest BCUT2D eigenvalue weighted by atomic mass is 16.5. The van der Waals surface area contributed by atoms with Crippen molar-refractivity contribution in [2.24, 2.45) is 23.7 Å². The van der Waals surface area contributed by atoms with Gasteiger partial charge in [-0.2, -0.15) is 0 Å². The second-order valence-electron chi connectivity index (χ2n) is 15.5. The molecule has 0 aromatic heterocycles. The summed E-state index contributed by atoms with van der Waals surface area (Å²) in [5.74, 6) is 1.78. The lowest BCUT2D eigenvalue weighted by molar-refractivity contribution is -0.137. The van der Waals surface area contributed by atoms with E-state index in [9.17, 15) is 19.5 Å². The van der Waals surface area contributed by atoms with Gasteiger partial charge in [-0.05, 0) is 55.8 Å². The summed E-state index contributed by atoms with van der Waals surface area (Å²) in [6.45, 7) is 18.7. The molecule has 294 valence electrons. The van der Waals surface area contributed by atoms with Crippen molar-refractivity contribution in [3.63, 3.8) is 0 Å². The number of nitrogens with zero attached hydrogens (tertiary/aromatic N) is 1. The van der Waals surface area contributed by atoms with Crippen LogP contribution < -0.4 is 10.6 Å². The summed E-state index contributed by atoms with van der Waals surface area (Å²) in [4.78, 5) is 39.6. The topological polar surface area (TPSA) is 126 Å². The van der Waals surface area contributed by atoms with Crippen LogP contribution in [0.4, 0.5) is 0 Å². The Labute approximate surface area is 305 Å². The molecule has 1 fully saturated rings. The number of likely N-dealkylation sites (tertiary alicyclic amines) is 1. The second kappa shape index (κ2) is 29.8. The van der Waals surface area contributed by atoms with Gasteiger partial charge < -0.3 is 34.9 Å². The van der Waals surface area contributed by atoms with Crippen LogP contribution in [0.2, 0.25) is 0 Å². The first-order valence-electron chi connectivity index (χ1n) is 20.3. The molecule has 0 bridgehead atoms. The Balaban J connectivity index is 2.33. The molecule has 10 nitrogen and oxygen atoms in total. The monoisotopic (exact) mass is 712 g/mol. The maximum absolute atomic E-state index is 13.3. The molecule has 10 heteroatoms. The quantitative estimate of drug-likeness (QED) is 0.0609. The minimum atomic E-state index is -0.930. The van der Waals surface area contributed by atoms with Gasteiger partial charge >= 0.3 is 5.97 Å². The van der Waals surface area contributed by atoms with Crippen molar-refractivity contribution < 1.29 is 33.7 Å². The number of ether oxygens (including phenoxy) is 3. The number of carbonyl (C=O) groups is 3. The fourth-order valence-electron chi connectivity index (χ4n) is 6.75. The molecule has 1 saturated heterocycles. The minimum absolute atomic E-state index is 0.0245. The average molecular weight is 712 g/mol. The molecule has 0 saturated carbocycles. The maximum atomic E-state index is 13.3. The van der Waals surface area contributed by atoms with Gasteiger partial charge in [0.25, 0.3) is 0 Å². The molecule has 2 amide bonds. The average Bonchev–Trinajstić information content (AvgIpc) is 3.54. The number of hydrogen-bond acceptors (Lipinski definition) is 7. The van der Waals surface area contributed by atoms with Crippen LogP contribution in [0.1, 0.15) is 144 Å². The summed E-state index contributed by atoms with van der Waals surface area (Å²) < 4.78 is 16.4. The smallest absolute Gasteiger partial charge is 0.303 e. The van der Waals surface area contributed by atoms with Gasteiger partial charge in [0, 0.05) is 51.7 Å². The van der Waals surface area contributed by atoms with Gasteiger partial charge in [0.1, 0.15) is 0 Å². The molecule has 50 heavy (non-hydrogen) atoms. The molecule has 0 aliphatic carbocycles. The molecule has 0 spiro atoms. The fourth-order valence-corrected chi connectivity index (χ4v) is 6.75. The third-order valence-electron chi connectivity index (χ3n) is 9.91. The zero-order valence-corrected chi connectivity index (χ0v) is 33.0. The van der Waals surface area contributed by atoms with E-state index in [0.29, 0.717) is 64.9 Å². The Morgan fingerprint density at radius 3 is 1.88 bits per heavy atom. The van der Waals surface area contributed by atoms with E-state index in [1.807, 2.05) is 4.90 Å². The standard InChI is InChI=1S/C40H77N3O7/c1-7-24-48-26-28-50-29-27-49-25-12-22-41-40(47)37(20-21-39(45)46)42-31-36-19-11-23-43(36)38(44)30-35(6)18-10-17-34(5)16-9-15-33(4)14-8-13-32(2)3/h32-37,42H,7-31H2,1-6H3,(H,41,47)(H,45,46). The van der Waals surface area contributed by atoms with Crippen LogP contribution >= 0.6 is 0 Å². The first-order chi connectivity index (χ1) is 24.0. The van der Waals surface area contributed by atoms with E-state index in [4.69, 9.17) is 14.2 Å². The van der Waals surface area contributed by atoms with Gasteiger partial charge in [-0.1, -0.05) is 99.3 Å². The number of rotatable bonds is 33. The van der Waals surface area contributed by atoms with Crippen LogP contribution in [0.5, 0.6) is 0 Å². The summed E-state index contributed by atoms with van der Waals surface area (Å²) in [7, 11) is 0. The van der Waals surface area contributed by atoms with Gasteiger partial charge in [-0.3, -0.25) is 14.4 Å². The van der Waals surface area contributed by atoms with Crippen molar-refractivity contribution >= 4 is 17.8 Å². The second-order valence-corrected chi connectivity index (χ2v) is 15.5. The first-order valence-corrected chi connectivity index (χ1v) is 20.3. The number of nitrogens with one attached hydrogen (secondary N) is 2. The largest absolute Gasteiger partial charge is 0.481 e. The highest BCUT2D eigenvalue weighted by Crippen LogP contribution is 2.24. The summed E-state index contributed by atoms with van der Waals surface area (Å²) in [5, 5.41) is 15.5. The zero-order valence-electron chi connectivity index (χ0n) is 33.0. The van der Waals surface area contributed by atoms with Crippen LogP contribution in [-0.2, 0) is 28.6 Å². The molecule has 0 aromatic rings. The molecular weight excluding hydrogens is 634 g/mol. The Morgan fingerprint density at radius 1 is 0.740 bits per heavy atom. The summed E-state index contributed by atoms with van der Waals surface area (Å²) in [6.07, 6.45) is 15.6. The fraction of sp³-hybridized carbons (Fsp3) is 0.925. The van der Waals surface area contributed by atoms with Crippen LogP contribution in [0, 0.1) is 23.7 Å². The lowest BCUT2D eigenvalue weighted by atomic mass is 9.90. The number of hydrogen-bond donors (Lipinski definition) is 3. The maximum Gasteiger partial charge on any atom is 0.303 e. The SMILES string of the molecule is CCCOCCOCCOCCCNC(=O)C(CCC(=O)O)NCC1CCCN1C(=O)CC(C)CCCC(C)CCCC(C)CCCC(C)C. The summed E-state index contributed by atoms with van der Waals surface area (Å²) in [5.41, 5.74) is 0. The van der Waals surface area contributed by atoms with Gasteiger partial charge in [-0.15, -0.1) is 0 Å². The molecule has 5 atom stereocenters. The van der Waals surface area contributed by atoms with Gasteiger partial charge in [0.15, 0.2) is 0 Å². The molecule has 3 N–H and O–H groups in total. The Hall–Kier alpha value is -1.75. The Kier molecular flexibility index (Phi) is 27.6. The van der Waals surface area contributed by atoms with E-state index >= 15 is 0 Å². The number of carboxylic acids is 1. The van der Waals surface area contributed by atoms with E-state index in [-0.39, 0.29) is 30.7 Å². The lowest BCUT2D eigenvalue weighted by Gasteiger charge is -2.28. The number of carboxylic acid groups (broad SMARTS) is 1. The van der Waals surface area contributed by atoms with Gasteiger partial charge in [-0.25, -0.2) is 0 Å². The van der Waals surface area contributed by atoms with Crippen LogP contribution in [0.15, 0.2) is 0 Å². The molecule has 1 heterocycles. The highest BCUT2D eigenvalue weighted by Gasteiger charge is 2.30. The van der Waals surface area contributed by atoms with E-state index in [1.54, 1.807) is 0 Å². The highest BCUT2D eigenvalue weighted by molar-refractivity contribution is 5.82. The molecule has 1 aliphatic rings. The molecule has 1 aliphatic heterocycles. The van der Waals surface area contributed by atoms with Crippen molar-refractivity contribution in [2.75, 3.05) is 59.3 Å². The molecular formula is C40H77N3O7. The van der Waals surface area contributed by atoms with Crippen LogP contribution in [0.3, 0.4) is 0 Å². The predicted molar refractivity (Wildman–Crippen MR) is 202 cm³/mol. The molecule has 0 radical (unpaired) electrons. The third kappa shape index (κ3) is 24.4. The normalized spacial score (nSPS) is 17.2. The first kappa shape index (κ1) is 46.3. The van der Waals surface area contributed by atoms with E-state index in [1.165, 1.54) is 51.4 Å². The van der Waals surface area contributed by atoms with E-state index < -0.39 is 12.0 Å². The minimum Gasteiger partial charge on any atom is -0.481 e. The predicted octanol–water partition coefficient (Wildman–Crippen LogP) is 7.23. The summed E-state index contributed by atoms with van der Waals surface area (Å²) >= 11 is 0. The van der Waals surface area contributed by atoms with E-state index in [2.05, 4.69) is 52.2 Å². The molecule has 5 unspecified atom stereocenters. The van der Waals surface area contributed by atoms with Crippen molar-refractivity contribution in [3.05, 3.63) is 0 Å². The van der Waals surface area contributed by atoms with Crippen molar-refractivity contribution in [1.82, 2.24) is 15.5 Å². The summed E-state index contributed by atoms with van der Waals surface area (Å²) in [6, 6.07) is -0.599.